The molecular formula is C15H23NO3. The highest BCUT2D eigenvalue weighted by molar-refractivity contribution is 5.54. The number of hydrogen-bond donors (Lipinski definition) is 1. The quantitative estimate of drug-likeness (QED) is 0.887. The minimum absolute atomic E-state index is 0.0756. The maximum Gasteiger partial charge on any atom is 0.166 e. The van der Waals surface area contributed by atoms with E-state index in [0.717, 1.165) is 35.6 Å². The van der Waals surface area contributed by atoms with Crippen molar-refractivity contribution < 1.29 is 14.2 Å². The predicted molar refractivity (Wildman–Crippen MR) is 74.8 cm³/mol. The molecule has 4 heteroatoms. The fourth-order valence-corrected chi connectivity index (χ4v) is 2.96. The largest absolute Gasteiger partial charge is 0.493 e. The molecule has 0 saturated carbocycles. The third kappa shape index (κ3) is 2.55. The Morgan fingerprint density at radius 2 is 2.00 bits per heavy atom. The highest BCUT2D eigenvalue weighted by Crippen LogP contribution is 2.43. The summed E-state index contributed by atoms with van der Waals surface area (Å²) in [5.74, 6) is 1.58. The summed E-state index contributed by atoms with van der Waals surface area (Å²) in [6, 6.07) is 4.00. The standard InChI is InChI=1S/C15H23NO3/c1-15(8-5-9-16-15)13-11(10-17-2)6-7-12(18-3)14(13)19-4/h6-7,16H,5,8-10H2,1-4H3. The van der Waals surface area contributed by atoms with E-state index in [9.17, 15) is 0 Å². The molecule has 0 aliphatic carbocycles. The summed E-state index contributed by atoms with van der Waals surface area (Å²) < 4.78 is 16.4. The summed E-state index contributed by atoms with van der Waals surface area (Å²) in [6.45, 7) is 3.83. The molecule has 4 nitrogen and oxygen atoms in total. The molecule has 19 heavy (non-hydrogen) atoms. The Balaban J connectivity index is 2.58. The van der Waals surface area contributed by atoms with E-state index in [1.807, 2.05) is 6.07 Å². The third-order valence-electron chi connectivity index (χ3n) is 3.85. The van der Waals surface area contributed by atoms with E-state index in [0.29, 0.717) is 6.61 Å². The minimum Gasteiger partial charge on any atom is -0.493 e. The van der Waals surface area contributed by atoms with Crippen LogP contribution in [0.25, 0.3) is 0 Å². The van der Waals surface area contributed by atoms with Gasteiger partial charge in [-0.1, -0.05) is 6.07 Å². The molecule has 1 aliphatic rings. The molecule has 0 radical (unpaired) electrons. The van der Waals surface area contributed by atoms with Crippen LogP contribution in [0.2, 0.25) is 0 Å². The molecule has 106 valence electrons. The van der Waals surface area contributed by atoms with Gasteiger partial charge in [-0.3, -0.25) is 0 Å². The van der Waals surface area contributed by atoms with Crippen molar-refractivity contribution in [1.82, 2.24) is 5.32 Å². The zero-order valence-corrected chi connectivity index (χ0v) is 12.2. The Morgan fingerprint density at radius 1 is 1.21 bits per heavy atom. The molecule has 0 amide bonds. The van der Waals surface area contributed by atoms with Gasteiger partial charge in [-0.25, -0.2) is 0 Å². The van der Waals surface area contributed by atoms with Gasteiger partial charge < -0.3 is 19.5 Å². The first-order chi connectivity index (χ1) is 9.16. The second kappa shape index (κ2) is 5.80. The van der Waals surface area contributed by atoms with Gasteiger partial charge in [0.25, 0.3) is 0 Å². The van der Waals surface area contributed by atoms with Gasteiger partial charge in [-0.05, 0) is 37.9 Å². The first kappa shape index (κ1) is 14.2. The van der Waals surface area contributed by atoms with Gasteiger partial charge in [-0.2, -0.15) is 0 Å². The van der Waals surface area contributed by atoms with Crippen LogP contribution in [-0.4, -0.2) is 27.9 Å². The van der Waals surface area contributed by atoms with Crippen LogP contribution < -0.4 is 14.8 Å². The van der Waals surface area contributed by atoms with Crippen molar-refractivity contribution in [3.05, 3.63) is 23.3 Å². The predicted octanol–water partition coefficient (Wildman–Crippen LogP) is 2.45. The monoisotopic (exact) mass is 265 g/mol. The zero-order valence-electron chi connectivity index (χ0n) is 12.2. The normalized spacial score (nSPS) is 22.5. The third-order valence-corrected chi connectivity index (χ3v) is 3.85. The van der Waals surface area contributed by atoms with Crippen LogP contribution in [0, 0.1) is 0 Å². The molecular weight excluding hydrogens is 242 g/mol. The Labute approximate surface area is 115 Å². The van der Waals surface area contributed by atoms with Crippen molar-refractivity contribution in [2.75, 3.05) is 27.9 Å². The van der Waals surface area contributed by atoms with Crippen LogP contribution in [-0.2, 0) is 16.9 Å². The van der Waals surface area contributed by atoms with Crippen molar-refractivity contribution in [3.63, 3.8) is 0 Å². The van der Waals surface area contributed by atoms with Crippen molar-refractivity contribution in [2.45, 2.75) is 31.9 Å². The van der Waals surface area contributed by atoms with Gasteiger partial charge in [0.2, 0.25) is 0 Å². The van der Waals surface area contributed by atoms with Crippen LogP contribution >= 0.6 is 0 Å². The number of benzene rings is 1. The molecule has 1 heterocycles. The second-order valence-corrected chi connectivity index (χ2v) is 5.13. The lowest BCUT2D eigenvalue weighted by Crippen LogP contribution is -2.35. The van der Waals surface area contributed by atoms with Crippen LogP contribution in [0.3, 0.4) is 0 Å². The van der Waals surface area contributed by atoms with Crippen LogP contribution in [0.1, 0.15) is 30.9 Å². The summed E-state index contributed by atoms with van der Waals surface area (Å²) in [5, 5.41) is 3.58. The summed E-state index contributed by atoms with van der Waals surface area (Å²) >= 11 is 0. The van der Waals surface area contributed by atoms with E-state index < -0.39 is 0 Å². The van der Waals surface area contributed by atoms with Gasteiger partial charge in [0.15, 0.2) is 11.5 Å². The second-order valence-electron chi connectivity index (χ2n) is 5.13. The molecule has 1 N–H and O–H groups in total. The lowest BCUT2D eigenvalue weighted by molar-refractivity contribution is 0.181. The molecule has 2 rings (SSSR count). The number of ether oxygens (including phenoxy) is 3. The molecule has 0 aromatic heterocycles. The van der Waals surface area contributed by atoms with Gasteiger partial charge in [0, 0.05) is 18.2 Å². The van der Waals surface area contributed by atoms with E-state index in [1.54, 1.807) is 21.3 Å². The Hall–Kier alpha value is -1.26. The fourth-order valence-electron chi connectivity index (χ4n) is 2.96. The van der Waals surface area contributed by atoms with Crippen molar-refractivity contribution in [2.24, 2.45) is 0 Å². The zero-order chi connectivity index (χ0) is 13.9. The van der Waals surface area contributed by atoms with Crippen LogP contribution in [0.4, 0.5) is 0 Å². The van der Waals surface area contributed by atoms with Gasteiger partial charge in [0.05, 0.1) is 20.8 Å². The van der Waals surface area contributed by atoms with Gasteiger partial charge in [-0.15, -0.1) is 0 Å². The summed E-state index contributed by atoms with van der Waals surface area (Å²) in [6.07, 6.45) is 2.26. The van der Waals surface area contributed by atoms with E-state index in [2.05, 4.69) is 18.3 Å². The molecule has 1 aromatic rings. The molecule has 1 aromatic carbocycles. The molecule has 1 unspecified atom stereocenters. The minimum atomic E-state index is -0.0756. The molecule has 1 saturated heterocycles. The summed E-state index contributed by atoms with van der Waals surface area (Å²) in [5.41, 5.74) is 2.24. The smallest absolute Gasteiger partial charge is 0.166 e. The van der Waals surface area contributed by atoms with E-state index in [1.165, 1.54) is 6.42 Å². The van der Waals surface area contributed by atoms with Crippen molar-refractivity contribution >= 4 is 0 Å². The SMILES string of the molecule is COCc1ccc(OC)c(OC)c1C1(C)CCCN1. The molecule has 0 bridgehead atoms. The van der Waals surface area contributed by atoms with E-state index in [-0.39, 0.29) is 5.54 Å². The van der Waals surface area contributed by atoms with E-state index >= 15 is 0 Å². The van der Waals surface area contributed by atoms with Crippen LogP contribution in [0.5, 0.6) is 11.5 Å². The number of hydrogen-bond acceptors (Lipinski definition) is 4. The molecule has 1 aliphatic heterocycles. The molecule has 1 atom stereocenters. The number of nitrogens with one attached hydrogen (secondary N) is 1. The lowest BCUT2D eigenvalue weighted by Gasteiger charge is -2.30. The topological polar surface area (TPSA) is 39.7 Å². The fraction of sp³-hybridized carbons (Fsp3) is 0.600. The average Bonchev–Trinajstić information content (AvgIpc) is 2.86. The Morgan fingerprint density at radius 3 is 2.53 bits per heavy atom. The number of rotatable bonds is 5. The summed E-state index contributed by atoms with van der Waals surface area (Å²) in [4.78, 5) is 0. The molecule has 0 spiro atoms. The highest BCUT2D eigenvalue weighted by atomic mass is 16.5. The van der Waals surface area contributed by atoms with E-state index in [4.69, 9.17) is 14.2 Å². The van der Waals surface area contributed by atoms with Gasteiger partial charge >= 0.3 is 0 Å². The van der Waals surface area contributed by atoms with Gasteiger partial charge in [0.1, 0.15) is 0 Å². The van der Waals surface area contributed by atoms with Crippen molar-refractivity contribution in [1.29, 1.82) is 0 Å². The van der Waals surface area contributed by atoms with Crippen molar-refractivity contribution in [3.8, 4) is 11.5 Å². The Kier molecular flexibility index (Phi) is 4.32. The Bertz CT molecular complexity index is 439. The maximum atomic E-state index is 5.61. The average molecular weight is 265 g/mol. The number of methoxy groups -OCH3 is 3. The maximum absolute atomic E-state index is 5.61. The lowest BCUT2D eigenvalue weighted by atomic mass is 9.86. The first-order valence-corrected chi connectivity index (χ1v) is 6.64. The molecule has 1 fully saturated rings. The first-order valence-electron chi connectivity index (χ1n) is 6.64. The summed E-state index contributed by atoms with van der Waals surface area (Å²) in [7, 11) is 5.07. The highest BCUT2D eigenvalue weighted by Gasteiger charge is 2.36. The van der Waals surface area contributed by atoms with Crippen LogP contribution in [0.15, 0.2) is 12.1 Å².